The molecule has 116 valence electrons. The summed E-state index contributed by atoms with van der Waals surface area (Å²) in [6, 6.07) is 5.71. The lowest BCUT2D eigenvalue weighted by Crippen LogP contribution is -2.29. The van der Waals surface area contributed by atoms with Gasteiger partial charge in [-0.15, -0.1) is 0 Å². The van der Waals surface area contributed by atoms with E-state index in [0.717, 1.165) is 17.9 Å². The molecule has 2 N–H and O–H groups in total. The molecule has 0 aliphatic carbocycles. The van der Waals surface area contributed by atoms with Crippen LogP contribution in [-0.2, 0) is 14.8 Å². The Morgan fingerprint density at radius 2 is 2.10 bits per heavy atom. The average molecular weight is 331 g/mol. The molecule has 0 aromatic heterocycles. The Morgan fingerprint density at radius 3 is 2.67 bits per heavy atom. The van der Waals surface area contributed by atoms with Gasteiger partial charge < -0.3 is 9.84 Å². The summed E-state index contributed by atoms with van der Waals surface area (Å²) in [5.74, 6) is 1.71. The second kappa shape index (κ2) is 7.15. The van der Waals surface area contributed by atoms with Crippen molar-refractivity contribution >= 4 is 27.8 Å². The van der Waals surface area contributed by atoms with E-state index < -0.39 is 22.6 Å². The summed E-state index contributed by atoms with van der Waals surface area (Å²) in [6.07, 6.45) is 1.04. The van der Waals surface area contributed by atoms with Gasteiger partial charge in [-0.3, -0.25) is 0 Å². The third-order valence-corrected chi connectivity index (χ3v) is 5.75. The van der Waals surface area contributed by atoms with Crippen LogP contribution in [-0.4, -0.2) is 44.2 Å². The molecule has 1 fully saturated rings. The van der Waals surface area contributed by atoms with Gasteiger partial charge in [-0.1, -0.05) is 0 Å². The van der Waals surface area contributed by atoms with E-state index in [-0.39, 0.29) is 4.90 Å². The molecule has 1 saturated heterocycles. The van der Waals surface area contributed by atoms with Gasteiger partial charge in [-0.25, -0.2) is 17.9 Å². The number of benzene rings is 1. The highest BCUT2D eigenvalue weighted by Crippen LogP contribution is 2.23. The molecule has 8 heteroatoms. The van der Waals surface area contributed by atoms with E-state index in [9.17, 15) is 13.2 Å². The molecule has 0 spiro atoms. The predicted molar refractivity (Wildman–Crippen MR) is 80.2 cm³/mol. The van der Waals surface area contributed by atoms with Gasteiger partial charge in [-0.2, -0.15) is 11.8 Å². The highest BCUT2D eigenvalue weighted by molar-refractivity contribution is 7.99. The predicted octanol–water partition coefficient (Wildman–Crippen LogP) is 1.18. The molecular formula is C13H17NO5S2. The van der Waals surface area contributed by atoms with Crippen molar-refractivity contribution in [3.8, 4) is 5.75 Å². The zero-order valence-corrected chi connectivity index (χ0v) is 13.0. The number of hydrogen-bond acceptors (Lipinski definition) is 5. The number of sulfonamides is 1. The molecule has 1 atom stereocenters. The van der Waals surface area contributed by atoms with Crippen LogP contribution in [0.3, 0.4) is 0 Å². The fraction of sp³-hybridized carbons (Fsp3) is 0.462. The zero-order chi connectivity index (χ0) is 15.3. The summed E-state index contributed by atoms with van der Waals surface area (Å²) in [5, 5.41) is 8.50. The van der Waals surface area contributed by atoms with Crippen molar-refractivity contribution in [2.24, 2.45) is 5.92 Å². The Bertz CT molecular complexity index is 579. The van der Waals surface area contributed by atoms with Crippen molar-refractivity contribution in [3.05, 3.63) is 24.3 Å². The zero-order valence-electron chi connectivity index (χ0n) is 11.3. The van der Waals surface area contributed by atoms with E-state index in [4.69, 9.17) is 9.84 Å². The van der Waals surface area contributed by atoms with Gasteiger partial charge in [0, 0.05) is 6.54 Å². The first-order valence-electron chi connectivity index (χ1n) is 6.49. The number of hydrogen-bond donors (Lipinski definition) is 2. The van der Waals surface area contributed by atoms with Gasteiger partial charge in [0.2, 0.25) is 10.0 Å². The van der Waals surface area contributed by atoms with Gasteiger partial charge in [-0.05, 0) is 48.1 Å². The smallest absolute Gasteiger partial charge is 0.341 e. The molecule has 1 unspecified atom stereocenters. The topological polar surface area (TPSA) is 92.7 Å². The normalized spacial score (nSPS) is 18.6. The fourth-order valence-corrected chi connectivity index (χ4v) is 4.32. The second-order valence-corrected chi connectivity index (χ2v) is 7.65. The van der Waals surface area contributed by atoms with Crippen LogP contribution in [0.1, 0.15) is 6.42 Å². The summed E-state index contributed by atoms with van der Waals surface area (Å²) >= 11 is 1.84. The van der Waals surface area contributed by atoms with Crippen molar-refractivity contribution in [2.75, 3.05) is 24.7 Å². The third kappa shape index (κ3) is 4.90. The standard InChI is InChI=1S/C13H17NO5S2/c15-13(16)8-19-11-1-3-12(4-2-11)21(17,18)14-7-10-5-6-20-9-10/h1-4,10,14H,5-9H2,(H,15,16). The van der Waals surface area contributed by atoms with Gasteiger partial charge in [0.05, 0.1) is 4.90 Å². The highest BCUT2D eigenvalue weighted by atomic mass is 32.2. The SMILES string of the molecule is O=C(O)COc1ccc(S(=O)(=O)NCC2CCSC2)cc1. The monoisotopic (exact) mass is 331 g/mol. The number of carbonyl (C=O) groups is 1. The molecule has 1 aromatic carbocycles. The van der Waals surface area contributed by atoms with E-state index in [1.807, 2.05) is 11.8 Å². The number of ether oxygens (including phenoxy) is 1. The van der Waals surface area contributed by atoms with Crippen molar-refractivity contribution in [3.63, 3.8) is 0 Å². The number of thioether (sulfide) groups is 1. The van der Waals surface area contributed by atoms with Gasteiger partial charge in [0.1, 0.15) is 5.75 Å². The third-order valence-electron chi connectivity index (χ3n) is 3.08. The van der Waals surface area contributed by atoms with Crippen LogP contribution in [0.4, 0.5) is 0 Å². The maximum Gasteiger partial charge on any atom is 0.341 e. The van der Waals surface area contributed by atoms with Crippen LogP contribution in [0.25, 0.3) is 0 Å². The molecule has 0 bridgehead atoms. The van der Waals surface area contributed by atoms with Crippen LogP contribution in [0.2, 0.25) is 0 Å². The van der Waals surface area contributed by atoms with E-state index in [2.05, 4.69) is 4.72 Å². The lowest BCUT2D eigenvalue weighted by molar-refractivity contribution is -0.139. The lowest BCUT2D eigenvalue weighted by atomic mass is 10.1. The number of carboxylic acids is 1. The molecule has 0 saturated carbocycles. The van der Waals surface area contributed by atoms with Gasteiger partial charge in [0.25, 0.3) is 0 Å². The van der Waals surface area contributed by atoms with Crippen LogP contribution in [0.5, 0.6) is 5.75 Å². The molecule has 6 nitrogen and oxygen atoms in total. The minimum Gasteiger partial charge on any atom is -0.482 e. The molecule has 0 radical (unpaired) electrons. The Morgan fingerprint density at radius 1 is 1.38 bits per heavy atom. The number of nitrogens with one attached hydrogen (secondary N) is 1. The lowest BCUT2D eigenvalue weighted by Gasteiger charge is -2.11. The summed E-state index contributed by atoms with van der Waals surface area (Å²) in [5.41, 5.74) is 0. The molecule has 2 rings (SSSR count). The summed E-state index contributed by atoms with van der Waals surface area (Å²) < 4.78 is 31.8. The van der Waals surface area contributed by atoms with Crippen LogP contribution >= 0.6 is 11.8 Å². The van der Waals surface area contributed by atoms with E-state index in [0.29, 0.717) is 18.2 Å². The quantitative estimate of drug-likeness (QED) is 0.779. The summed E-state index contributed by atoms with van der Waals surface area (Å²) in [4.78, 5) is 10.5. The molecule has 1 aliphatic heterocycles. The van der Waals surface area contributed by atoms with Crippen LogP contribution in [0.15, 0.2) is 29.2 Å². The summed E-state index contributed by atoms with van der Waals surface area (Å²) in [6.45, 7) is -0.00368. The van der Waals surface area contributed by atoms with Crippen molar-refractivity contribution in [2.45, 2.75) is 11.3 Å². The number of rotatable bonds is 7. The maximum absolute atomic E-state index is 12.1. The molecule has 1 heterocycles. The van der Waals surface area contributed by atoms with E-state index in [1.165, 1.54) is 24.3 Å². The Labute approximate surface area is 127 Å². The van der Waals surface area contributed by atoms with Crippen LogP contribution in [0, 0.1) is 5.92 Å². The molecule has 21 heavy (non-hydrogen) atoms. The Kier molecular flexibility index (Phi) is 5.49. The van der Waals surface area contributed by atoms with Crippen LogP contribution < -0.4 is 9.46 Å². The first kappa shape index (κ1) is 16.1. The molecule has 1 aromatic rings. The Hall–Kier alpha value is -1.25. The number of carboxylic acid groups (broad SMARTS) is 1. The first-order chi connectivity index (χ1) is 9.97. The highest BCUT2D eigenvalue weighted by Gasteiger charge is 2.20. The number of aliphatic carboxylic acids is 1. The first-order valence-corrected chi connectivity index (χ1v) is 9.13. The second-order valence-electron chi connectivity index (χ2n) is 4.74. The van der Waals surface area contributed by atoms with Crippen molar-refractivity contribution in [1.82, 2.24) is 4.72 Å². The summed E-state index contributed by atoms with van der Waals surface area (Å²) in [7, 11) is -3.53. The minimum absolute atomic E-state index is 0.149. The van der Waals surface area contributed by atoms with Crippen molar-refractivity contribution < 1.29 is 23.1 Å². The average Bonchev–Trinajstić information content (AvgIpc) is 2.97. The molecule has 0 amide bonds. The largest absolute Gasteiger partial charge is 0.482 e. The molecular weight excluding hydrogens is 314 g/mol. The maximum atomic E-state index is 12.1. The fourth-order valence-electron chi connectivity index (χ4n) is 1.92. The Balaban J connectivity index is 1.94. The van der Waals surface area contributed by atoms with Crippen molar-refractivity contribution in [1.29, 1.82) is 0 Å². The van der Waals surface area contributed by atoms with Gasteiger partial charge in [0.15, 0.2) is 6.61 Å². The van der Waals surface area contributed by atoms with E-state index >= 15 is 0 Å². The van der Waals surface area contributed by atoms with E-state index in [1.54, 1.807) is 0 Å². The van der Waals surface area contributed by atoms with Gasteiger partial charge >= 0.3 is 5.97 Å². The minimum atomic E-state index is -3.53. The molecule has 1 aliphatic rings.